The smallest absolute Gasteiger partial charge is 0.137 e. The molecule has 82 valence electrons. The van der Waals surface area contributed by atoms with Crippen LogP contribution in [0.2, 0.25) is 0 Å². The van der Waals surface area contributed by atoms with E-state index in [9.17, 15) is 4.79 Å². The third-order valence-electron chi connectivity index (χ3n) is 3.69. The normalized spacial score (nSPS) is 34.5. The van der Waals surface area contributed by atoms with Crippen molar-refractivity contribution in [3.05, 3.63) is 0 Å². The van der Waals surface area contributed by atoms with Crippen molar-refractivity contribution in [2.45, 2.75) is 57.0 Å². The maximum Gasteiger partial charge on any atom is 0.137 e. The van der Waals surface area contributed by atoms with E-state index in [1.807, 2.05) is 0 Å². The van der Waals surface area contributed by atoms with Crippen LogP contribution < -0.4 is 5.32 Å². The van der Waals surface area contributed by atoms with E-state index in [1.165, 1.54) is 19.3 Å². The second-order valence-corrected chi connectivity index (χ2v) is 4.83. The van der Waals surface area contributed by atoms with Crippen molar-refractivity contribution in [2.24, 2.45) is 5.92 Å². The van der Waals surface area contributed by atoms with Crippen LogP contribution in [0.3, 0.4) is 0 Å². The summed E-state index contributed by atoms with van der Waals surface area (Å²) in [5.74, 6) is 3.23. The van der Waals surface area contributed by atoms with Crippen molar-refractivity contribution in [1.82, 2.24) is 5.32 Å². The van der Waals surface area contributed by atoms with Crippen LogP contribution in [0, 0.1) is 18.3 Å². The molecule has 15 heavy (non-hydrogen) atoms. The molecule has 2 unspecified atom stereocenters. The lowest BCUT2D eigenvalue weighted by atomic mass is 9.78. The highest BCUT2D eigenvalue weighted by Crippen LogP contribution is 2.30. The lowest BCUT2D eigenvalue weighted by molar-refractivity contribution is -0.124. The third kappa shape index (κ3) is 2.60. The van der Waals surface area contributed by atoms with Gasteiger partial charge in [0.15, 0.2) is 0 Å². The van der Waals surface area contributed by atoms with E-state index < -0.39 is 0 Å². The Labute approximate surface area is 91.8 Å². The largest absolute Gasteiger partial charge is 0.311 e. The Morgan fingerprint density at radius 3 is 2.60 bits per heavy atom. The molecule has 2 bridgehead atoms. The van der Waals surface area contributed by atoms with Crippen LogP contribution in [0.4, 0.5) is 0 Å². The first-order valence-electron chi connectivity index (χ1n) is 6.02. The molecule has 0 amide bonds. The van der Waals surface area contributed by atoms with Gasteiger partial charge in [-0.1, -0.05) is 6.42 Å². The summed E-state index contributed by atoms with van der Waals surface area (Å²) in [6.07, 6.45) is 12.3. The number of ketones is 1. The first-order valence-corrected chi connectivity index (χ1v) is 6.02. The molecule has 0 radical (unpaired) electrons. The van der Waals surface area contributed by atoms with E-state index in [0.717, 1.165) is 12.8 Å². The minimum Gasteiger partial charge on any atom is -0.311 e. The zero-order chi connectivity index (χ0) is 10.7. The Hall–Kier alpha value is -0.810. The van der Waals surface area contributed by atoms with Gasteiger partial charge in [-0.25, -0.2) is 0 Å². The molecule has 2 aliphatic rings. The standard InChI is InChI=1S/C13H19NO/c1-2-3-7-13(15)10-8-11-5-4-6-12(9-10)14-11/h1,10-12,14H,3-9H2. The van der Waals surface area contributed by atoms with Gasteiger partial charge < -0.3 is 5.32 Å². The second kappa shape index (κ2) is 4.81. The predicted molar refractivity (Wildman–Crippen MR) is 60.4 cm³/mol. The SMILES string of the molecule is C#CCCC(=O)C1CC2CCCC(C1)N2. The molecule has 2 aliphatic heterocycles. The average Bonchev–Trinajstić information content (AvgIpc) is 2.25. The fourth-order valence-corrected chi connectivity index (χ4v) is 2.93. The summed E-state index contributed by atoms with van der Waals surface area (Å²) in [7, 11) is 0. The molecule has 0 saturated carbocycles. The molecule has 2 saturated heterocycles. The Morgan fingerprint density at radius 2 is 2.00 bits per heavy atom. The summed E-state index contributed by atoms with van der Waals surface area (Å²) in [5, 5.41) is 3.60. The van der Waals surface area contributed by atoms with Crippen LogP contribution in [-0.4, -0.2) is 17.9 Å². The number of carbonyl (C=O) groups excluding carboxylic acids is 1. The summed E-state index contributed by atoms with van der Waals surface area (Å²) in [6.45, 7) is 0. The van der Waals surface area contributed by atoms with Crippen molar-refractivity contribution in [1.29, 1.82) is 0 Å². The van der Waals surface area contributed by atoms with Crippen molar-refractivity contribution in [3.63, 3.8) is 0 Å². The number of carbonyl (C=O) groups is 1. The lowest BCUT2D eigenvalue weighted by Crippen LogP contribution is -2.50. The minimum absolute atomic E-state index is 0.287. The van der Waals surface area contributed by atoms with Crippen molar-refractivity contribution >= 4 is 5.78 Å². The molecule has 1 N–H and O–H groups in total. The first kappa shape index (κ1) is 10.7. The molecule has 2 atom stereocenters. The van der Waals surface area contributed by atoms with E-state index in [-0.39, 0.29) is 5.92 Å². The fraction of sp³-hybridized carbons (Fsp3) is 0.769. The maximum atomic E-state index is 11.9. The first-order chi connectivity index (χ1) is 7.29. The molecule has 0 aromatic heterocycles. The van der Waals surface area contributed by atoms with Crippen LogP contribution in [0.1, 0.15) is 44.9 Å². The van der Waals surface area contributed by atoms with E-state index in [1.54, 1.807) is 0 Å². The van der Waals surface area contributed by atoms with Crippen LogP contribution in [0.25, 0.3) is 0 Å². The van der Waals surface area contributed by atoms with Gasteiger partial charge in [0.25, 0.3) is 0 Å². The number of fused-ring (bicyclic) bond motifs is 2. The van der Waals surface area contributed by atoms with Crippen LogP contribution in [-0.2, 0) is 4.79 Å². The van der Waals surface area contributed by atoms with E-state index in [4.69, 9.17) is 6.42 Å². The summed E-state index contributed by atoms with van der Waals surface area (Å²) in [4.78, 5) is 11.9. The monoisotopic (exact) mass is 205 g/mol. The quantitative estimate of drug-likeness (QED) is 0.713. The number of hydrogen-bond donors (Lipinski definition) is 1. The van der Waals surface area contributed by atoms with Gasteiger partial charge in [-0.2, -0.15) is 0 Å². The van der Waals surface area contributed by atoms with Crippen molar-refractivity contribution < 1.29 is 4.79 Å². The molecule has 0 spiro atoms. The predicted octanol–water partition coefficient (Wildman–Crippen LogP) is 1.89. The number of nitrogens with one attached hydrogen (secondary N) is 1. The van der Waals surface area contributed by atoms with Gasteiger partial charge in [0, 0.05) is 30.8 Å². The molecular formula is C13H19NO. The highest BCUT2D eigenvalue weighted by atomic mass is 16.1. The van der Waals surface area contributed by atoms with Gasteiger partial charge in [-0.05, 0) is 25.7 Å². The van der Waals surface area contributed by atoms with Gasteiger partial charge in [0.05, 0.1) is 0 Å². The summed E-state index contributed by atoms with van der Waals surface area (Å²) >= 11 is 0. The van der Waals surface area contributed by atoms with Gasteiger partial charge in [0.2, 0.25) is 0 Å². The fourth-order valence-electron chi connectivity index (χ4n) is 2.93. The average molecular weight is 205 g/mol. The van der Waals surface area contributed by atoms with Crippen LogP contribution >= 0.6 is 0 Å². The van der Waals surface area contributed by atoms with Gasteiger partial charge in [-0.3, -0.25) is 4.79 Å². The van der Waals surface area contributed by atoms with Gasteiger partial charge in [-0.15, -0.1) is 12.3 Å². The zero-order valence-corrected chi connectivity index (χ0v) is 9.17. The second-order valence-electron chi connectivity index (χ2n) is 4.83. The van der Waals surface area contributed by atoms with Gasteiger partial charge in [0.1, 0.15) is 5.78 Å². The number of piperidine rings is 2. The molecule has 2 nitrogen and oxygen atoms in total. The van der Waals surface area contributed by atoms with Crippen molar-refractivity contribution in [3.8, 4) is 12.3 Å². The molecule has 0 aromatic carbocycles. The minimum atomic E-state index is 0.287. The topological polar surface area (TPSA) is 29.1 Å². The van der Waals surface area contributed by atoms with Crippen molar-refractivity contribution in [2.75, 3.05) is 0 Å². The Kier molecular flexibility index (Phi) is 3.43. The number of terminal acetylenes is 1. The summed E-state index contributed by atoms with van der Waals surface area (Å²) in [6, 6.07) is 1.19. The molecular weight excluding hydrogens is 186 g/mol. The molecule has 2 rings (SSSR count). The number of rotatable bonds is 3. The maximum absolute atomic E-state index is 11.9. The Morgan fingerprint density at radius 1 is 1.33 bits per heavy atom. The Bertz CT molecular complexity index is 267. The molecule has 0 aliphatic carbocycles. The van der Waals surface area contributed by atoms with Gasteiger partial charge >= 0.3 is 0 Å². The highest BCUT2D eigenvalue weighted by molar-refractivity contribution is 5.81. The van der Waals surface area contributed by atoms with Crippen LogP contribution in [0.5, 0.6) is 0 Å². The number of Topliss-reactive ketones (excluding diaryl/α,β-unsaturated/α-hetero) is 1. The van der Waals surface area contributed by atoms with E-state index in [0.29, 0.717) is 30.7 Å². The zero-order valence-electron chi connectivity index (χ0n) is 9.17. The third-order valence-corrected chi connectivity index (χ3v) is 3.69. The molecule has 0 aromatic rings. The molecule has 2 heterocycles. The Balaban J connectivity index is 1.88. The lowest BCUT2D eigenvalue weighted by Gasteiger charge is -2.39. The summed E-state index contributed by atoms with van der Waals surface area (Å²) < 4.78 is 0. The van der Waals surface area contributed by atoms with Crippen LogP contribution in [0.15, 0.2) is 0 Å². The molecule has 2 heteroatoms. The highest BCUT2D eigenvalue weighted by Gasteiger charge is 2.33. The van der Waals surface area contributed by atoms with E-state index >= 15 is 0 Å². The summed E-state index contributed by atoms with van der Waals surface area (Å²) in [5.41, 5.74) is 0. The molecule has 2 fully saturated rings. The number of hydrogen-bond acceptors (Lipinski definition) is 2. The van der Waals surface area contributed by atoms with E-state index in [2.05, 4.69) is 11.2 Å².